The van der Waals surface area contributed by atoms with E-state index in [9.17, 15) is 4.79 Å². The van der Waals surface area contributed by atoms with Gasteiger partial charge in [0.15, 0.2) is 0 Å². The van der Waals surface area contributed by atoms with E-state index in [-0.39, 0.29) is 5.91 Å². The Kier molecular flexibility index (Phi) is 8.66. The number of anilines is 4. The number of carbonyl (C=O) groups is 1. The molecule has 0 unspecified atom stereocenters. The summed E-state index contributed by atoms with van der Waals surface area (Å²) in [7, 11) is 7.71. The van der Waals surface area contributed by atoms with Crippen molar-refractivity contribution in [2.75, 3.05) is 56.4 Å². The minimum Gasteiger partial charge on any atom is -0.494 e. The Morgan fingerprint density at radius 3 is 2.69 bits per heavy atom. The van der Waals surface area contributed by atoms with Gasteiger partial charge in [-0.25, -0.2) is 9.97 Å². The van der Waals surface area contributed by atoms with Crippen LogP contribution in [0.3, 0.4) is 0 Å². The number of carbonyl (C=O) groups excluding carboxylic acids is 1. The number of hydrogen-bond acceptors (Lipinski definition) is 7. The van der Waals surface area contributed by atoms with Gasteiger partial charge in [-0.15, -0.1) is 5.73 Å². The van der Waals surface area contributed by atoms with E-state index in [4.69, 9.17) is 9.72 Å². The summed E-state index contributed by atoms with van der Waals surface area (Å²) in [5.41, 5.74) is 7.57. The van der Waals surface area contributed by atoms with Crippen molar-refractivity contribution in [2.24, 2.45) is 7.05 Å². The molecule has 202 valence electrons. The summed E-state index contributed by atoms with van der Waals surface area (Å²) in [5, 5.41) is 7.37. The summed E-state index contributed by atoms with van der Waals surface area (Å²) < 4.78 is 7.85. The number of nitrogens with zero attached hydrogens (tertiary/aromatic N) is 5. The molecule has 0 atom stereocenters. The molecule has 0 fully saturated rings. The van der Waals surface area contributed by atoms with Crippen LogP contribution in [0.15, 0.2) is 73.2 Å². The van der Waals surface area contributed by atoms with Gasteiger partial charge >= 0.3 is 0 Å². The van der Waals surface area contributed by atoms with E-state index in [0.717, 1.165) is 47.5 Å². The highest BCUT2D eigenvalue weighted by Gasteiger charge is 2.18. The van der Waals surface area contributed by atoms with Crippen LogP contribution >= 0.6 is 0 Å². The predicted octanol–water partition coefficient (Wildman–Crippen LogP) is 5.06. The Balaban J connectivity index is 1.73. The third-order valence-electron chi connectivity index (χ3n) is 6.42. The maximum atomic E-state index is 12.5. The minimum absolute atomic E-state index is 0.319. The highest BCUT2D eigenvalue weighted by molar-refractivity contribution is 6.02. The van der Waals surface area contributed by atoms with Gasteiger partial charge in [0, 0.05) is 67.7 Å². The lowest BCUT2D eigenvalue weighted by molar-refractivity contribution is -0.111. The lowest BCUT2D eigenvalue weighted by Gasteiger charge is -2.28. The maximum Gasteiger partial charge on any atom is 0.256 e. The number of aryl methyl sites for hydroxylation is 1. The molecule has 0 aliphatic rings. The van der Waals surface area contributed by atoms with E-state index in [2.05, 4.69) is 67.5 Å². The van der Waals surface area contributed by atoms with Gasteiger partial charge in [0.2, 0.25) is 5.95 Å². The number of likely N-dealkylation sites (N-methyl/N-ethyl adjacent to an activating group) is 2. The fourth-order valence-electron chi connectivity index (χ4n) is 4.46. The van der Waals surface area contributed by atoms with Gasteiger partial charge in [-0.1, -0.05) is 24.8 Å². The summed E-state index contributed by atoms with van der Waals surface area (Å²) in [6.45, 7) is 7.97. The quantitative estimate of drug-likeness (QED) is 0.209. The van der Waals surface area contributed by atoms with Gasteiger partial charge in [-0.3, -0.25) is 4.79 Å². The van der Waals surface area contributed by atoms with Crippen LogP contribution in [0.1, 0.15) is 6.92 Å². The molecule has 2 heterocycles. The highest BCUT2D eigenvalue weighted by atomic mass is 16.5. The first kappa shape index (κ1) is 27.4. The molecule has 4 aromatic rings. The maximum absolute atomic E-state index is 12.5. The number of benzene rings is 2. The van der Waals surface area contributed by atoms with Crippen molar-refractivity contribution in [1.29, 1.82) is 0 Å². The summed E-state index contributed by atoms with van der Waals surface area (Å²) in [5.74, 6) is 0.694. The molecule has 4 rings (SSSR count). The molecule has 0 aliphatic carbocycles. The van der Waals surface area contributed by atoms with Crippen molar-refractivity contribution < 1.29 is 9.53 Å². The molecule has 0 aliphatic heterocycles. The summed E-state index contributed by atoms with van der Waals surface area (Å²) in [6, 6.07) is 13.9. The van der Waals surface area contributed by atoms with Crippen LogP contribution in [0.2, 0.25) is 0 Å². The lowest BCUT2D eigenvalue weighted by atomic mass is 10.1. The van der Waals surface area contributed by atoms with Crippen LogP contribution in [-0.4, -0.2) is 66.2 Å². The molecular formula is C30H35N7O2. The number of para-hydroxylation sites is 1. The van der Waals surface area contributed by atoms with Crippen molar-refractivity contribution in [3.05, 3.63) is 73.2 Å². The van der Waals surface area contributed by atoms with Gasteiger partial charge in [-0.2, -0.15) is 0 Å². The number of fused-ring (bicyclic) bond motifs is 1. The van der Waals surface area contributed by atoms with Crippen LogP contribution < -0.4 is 20.3 Å². The Bertz CT molecular complexity index is 1520. The van der Waals surface area contributed by atoms with Gasteiger partial charge in [0.1, 0.15) is 5.75 Å². The topological polar surface area (TPSA) is 87.5 Å². The molecule has 0 saturated carbocycles. The first-order valence-corrected chi connectivity index (χ1v) is 12.8. The first-order chi connectivity index (χ1) is 18.8. The van der Waals surface area contributed by atoms with Crippen LogP contribution in [-0.2, 0) is 11.8 Å². The van der Waals surface area contributed by atoms with Crippen LogP contribution in [0.25, 0.3) is 22.2 Å². The van der Waals surface area contributed by atoms with Crippen LogP contribution in [0, 0.1) is 0 Å². The zero-order valence-electron chi connectivity index (χ0n) is 23.2. The zero-order chi connectivity index (χ0) is 27.9. The van der Waals surface area contributed by atoms with Crippen molar-refractivity contribution in [3.63, 3.8) is 0 Å². The molecule has 0 spiro atoms. The van der Waals surface area contributed by atoms with Gasteiger partial charge in [0.25, 0.3) is 5.91 Å². The number of nitrogens with one attached hydrogen (secondary N) is 2. The second-order valence-electron chi connectivity index (χ2n) is 9.35. The second kappa shape index (κ2) is 12.3. The molecule has 2 aromatic carbocycles. The zero-order valence-corrected chi connectivity index (χ0v) is 23.2. The Morgan fingerprint density at radius 1 is 1.18 bits per heavy atom. The molecule has 0 radical (unpaired) electrons. The standard InChI is InChI=1S/C30H35N7O2/c1-7-11-29(38)32-24-18-25(28(39-6)19-27(24)37(8-2)17-16-35(3)4)34-30-31-15-14-23(33-30)22-20-36(5)26-13-10-9-12-21(22)26/h9-15,18-20H,1,8,16-17H2,2-6H3,(H,32,38)(H,31,33,34). The molecular weight excluding hydrogens is 490 g/mol. The Morgan fingerprint density at radius 2 is 1.97 bits per heavy atom. The van der Waals surface area contributed by atoms with Crippen molar-refractivity contribution >= 4 is 39.8 Å². The fraction of sp³-hybridized carbons (Fsp3) is 0.267. The van der Waals surface area contributed by atoms with E-state index in [0.29, 0.717) is 23.1 Å². The predicted molar refractivity (Wildman–Crippen MR) is 159 cm³/mol. The van der Waals surface area contributed by atoms with Crippen LogP contribution in [0.5, 0.6) is 5.75 Å². The van der Waals surface area contributed by atoms with E-state index >= 15 is 0 Å². The number of methoxy groups -OCH3 is 1. The Labute approximate surface area is 229 Å². The first-order valence-electron chi connectivity index (χ1n) is 12.8. The monoisotopic (exact) mass is 525 g/mol. The largest absolute Gasteiger partial charge is 0.494 e. The highest BCUT2D eigenvalue weighted by Crippen LogP contribution is 2.38. The van der Waals surface area contributed by atoms with E-state index in [1.165, 1.54) is 6.08 Å². The number of hydrogen-bond donors (Lipinski definition) is 2. The normalized spacial score (nSPS) is 10.8. The molecule has 2 N–H and O–H groups in total. The molecule has 1 amide bonds. The molecule has 2 aromatic heterocycles. The minimum atomic E-state index is -0.319. The molecule has 39 heavy (non-hydrogen) atoms. The van der Waals surface area contributed by atoms with Crippen molar-refractivity contribution in [2.45, 2.75) is 6.92 Å². The molecule has 9 nitrogen and oxygen atoms in total. The average Bonchev–Trinajstić information content (AvgIpc) is 3.26. The lowest BCUT2D eigenvalue weighted by Crippen LogP contribution is -2.32. The van der Waals surface area contributed by atoms with Crippen LogP contribution in [0.4, 0.5) is 23.0 Å². The fourth-order valence-corrected chi connectivity index (χ4v) is 4.46. The van der Waals surface area contributed by atoms with Crippen molar-refractivity contribution in [1.82, 2.24) is 19.4 Å². The van der Waals surface area contributed by atoms with Crippen molar-refractivity contribution in [3.8, 4) is 17.0 Å². The van der Waals surface area contributed by atoms with Gasteiger partial charge in [-0.05, 0) is 39.2 Å². The summed E-state index contributed by atoms with van der Waals surface area (Å²) in [4.78, 5) is 26.1. The third-order valence-corrected chi connectivity index (χ3v) is 6.42. The second-order valence-corrected chi connectivity index (χ2v) is 9.35. The number of aromatic nitrogens is 3. The smallest absolute Gasteiger partial charge is 0.256 e. The van der Waals surface area contributed by atoms with E-state index in [1.54, 1.807) is 13.3 Å². The number of amides is 1. The van der Waals surface area contributed by atoms with Gasteiger partial charge < -0.3 is 29.7 Å². The number of rotatable bonds is 11. The SMILES string of the molecule is C=C=CC(=O)Nc1cc(Nc2nccc(-c3cn(C)c4ccccc34)n2)c(OC)cc1N(CC)CCN(C)C. The van der Waals surface area contributed by atoms with E-state index < -0.39 is 0 Å². The molecule has 0 bridgehead atoms. The van der Waals surface area contributed by atoms with E-state index in [1.807, 2.05) is 51.5 Å². The number of ether oxygens (including phenoxy) is 1. The molecule has 0 saturated heterocycles. The average molecular weight is 526 g/mol. The Hall–Kier alpha value is -4.59. The summed E-state index contributed by atoms with van der Waals surface area (Å²) >= 11 is 0. The third kappa shape index (κ3) is 6.29. The van der Waals surface area contributed by atoms with Gasteiger partial charge in [0.05, 0.1) is 29.9 Å². The summed E-state index contributed by atoms with van der Waals surface area (Å²) in [6.07, 6.45) is 5.07. The molecule has 9 heteroatoms.